The van der Waals surface area contributed by atoms with Gasteiger partial charge in [0.05, 0.1) is 19.3 Å². The van der Waals surface area contributed by atoms with Crippen LogP contribution in [-0.4, -0.2) is 52.2 Å². The molecule has 0 bridgehead atoms. The highest BCUT2D eigenvalue weighted by Crippen LogP contribution is 2.10. The molecule has 0 saturated heterocycles. The Morgan fingerprint density at radius 3 is 2.35 bits per heavy atom. The highest BCUT2D eigenvalue weighted by molar-refractivity contribution is 4.75. The van der Waals surface area contributed by atoms with Gasteiger partial charge in [-0.15, -0.1) is 0 Å². The SMILES string of the molecule is CCCNC(CCC)C(CC)OCCOCCCOC. The smallest absolute Gasteiger partial charge is 0.0726 e. The Labute approximate surface area is 125 Å². The number of ether oxygens (including phenoxy) is 3. The Kier molecular flexibility index (Phi) is 15.1. The highest BCUT2D eigenvalue weighted by Gasteiger charge is 2.18. The van der Waals surface area contributed by atoms with Crippen LogP contribution < -0.4 is 5.32 Å². The lowest BCUT2D eigenvalue weighted by atomic mass is 10.0. The third-order valence-corrected chi connectivity index (χ3v) is 3.30. The van der Waals surface area contributed by atoms with Crippen LogP contribution >= 0.6 is 0 Å². The zero-order chi connectivity index (χ0) is 15.1. The maximum absolute atomic E-state index is 5.99. The fourth-order valence-corrected chi connectivity index (χ4v) is 2.24. The largest absolute Gasteiger partial charge is 0.385 e. The third kappa shape index (κ3) is 10.6. The van der Waals surface area contributed by atoms with Crippen molar-refractivity contribution >= 4 is 0 Å². The summed E-state index contributed by atoms with van der Waals surface area (Å²) in [6.45, 7) is 10.6. The van der Waals surface area contributed by atoms with Gasteiger partial charge < -0.3 is 19.5 Å². The lowest BCUT2D eigenvalue weighted by Gasteiger charge is -2.27. The average Bonchev–Trinajstić information content (AvgIpc) is 2.47. The molecule has 0 aliphatic carbocycles. The molecule has 0 saturated carbocycles. The Bertz CT molecular complexity index is 191. The molecule has 0 rings (SSSR count). The van der Waals surface area contributed by atoms with Crippen molar-refractivity contribution in [2.45, 2.75) is 65.0 Å². The molecular formula is C16H35NO3. The van der Waals surface area contributed by atoms with Crippen LogP contribution in [0.25, 0.3) is 0 Å². The lowest BCUT2D eigenvalue weighted by Crippen LogP contribution is -2.42. The van der Waals surface area contributed by atoms with Gasteiger partial charge in [0.15, 0.2) is 0 Å². The Morgan fingerprint density at radius 2 is 1.75 bits per heavy atom. The molecule has 0 aromatic carbocycles. The van der Waals surface area contributed by atoms with Crippen molar-refractivity contribution in [3.63, 3.8) is 0 Å². The van der Waals surface area contributed by atoms with Crippen LogP contribution in [0, 0.1) is 0 Å². The number of hydrogen-bond acceptors (Lipinski definition) is 4. The van der Waals surface area contributed by atoms with Crippen LogP contribution in [0.1, 0.15) is 52.9 Å². The van der Waals surface area contributed by atoms with Crippen LogP contribution in [0.15, 0.2) is 0 Å². The maximum Gasteiger partial charge on any atom is 0.0726 e. The summed E-state index contributed by atoms with van der Waals surface area (Å²) in [5.74, 6) is 0. The summed E-state index contributed by atoms with van der Waals surface area (Å²) in [6.07, 6.45) is 5.82. The van der Waals surface area contributed by atoms with Gasteiger partial charge in [0.2, 0.25) is 0 Å². The summed E-state index contributed by atoms with van der Waals surface area (Å²) in [5.41, 5.74) is 0. The molecule has 122 valence electrons. The van der Waals surface area contributed by atoms with Gasteiger partial charge in [-0.3, -0.25) is 0 Å². The molecule has 2 atom stereocenters. The van der Waals surface area contributed by atoms with Crippen molar-refractivity contribution in [3.05, 3.63) is 0 Å². The van der Waals surface area contributed by atoms with Gasteiger partial charge >= 0.3 is 0 Å². The van der Waals surface area contributed by atoms with E-state index in [1.54, 1.807) is 7.11 Å². The summed E-state index contributed by atoms with van der Waals surface area (Å²) in [4.78, 5) is 0. The van der Waals surface area contributed by atoms with Crippen molar-refractivity contribution in [3.8, 4) is 0 Å². The average molecular weight is 289 g/mol. The van der Waals surface area contributed by atoms with Crippen molar-refractivity contribution in [1.82, 2.24) is 5.32 Å². The summed E-state index contributed by atoms with van der Waals surface area (Å²) < 4.78 is 16.5. The van der Waals surface area contributed by atoms with Crippen molar-refractivity contribution in [2.24, 2.45) is 0 Å². The molecule has 4 heteroatoms. The second-order valence-electron chi connectivity index (χ2n) is 5.13. The Morgan fingerprint density at radius 1 is 0.950 bits per heavy atom. The first-order valence-corrected chi connectivity index (χ1v) is 8.21. The minimum Gasteiger partial charge on any atom is -0.385 e. The van der Waals surface area contributed by atoms with E-state index in [9.17, 15) is 0 Å². The topological polar surface area (TPSA) is 39.7 Å². The predicted octanol–water partition coefficient (Wildman–Crippen LogP) is 3.00. The first-order valence-electron chi connectivity index (χ1n) is 8.21. The summed E-state index contributed by atoms with van der Waals surface area (Å²) >= 11 is 0. The molecule has 0 spiro atoms. The minimum atomic E-state index is 0.295. The maximum atomic E-state index is 5.99. The van der Waals surface area contributed by atoms with E-state index in [0.717, 1.165) is 32.6 Å². The van der Waals surface area contributed by atoms with Crippen LogP contribution in [0.3, 0.4) is 0 Å². The second kappa shape index (κ2) is 15.2. The van der Waals surface area contributed by atoms with E-state index >= 15 is 0 Å². The first-order chi connectivity index (χ1) is 9.79. The van der Waals surface area contributed by atoms with Gasteiger partial charge in [0, 0.05) is 26.4 Å². The Hall–Kier alpha value is -0.160. The second-order valence-corrected chi connectivity index (χ2v) is 5.13. The van der Waals surface area contributed by atoms with Crippen LogP contribution in [0.2, 0.25) is 0 Å². The number of methoxy groups -OCH3 is 1. The fraction of sp³-hybridized carbons (Fsp3) is 1.00. The molecule has 0 amide bonds. The molecule has 0 radical (unpaired) electrons. The van der Waals surface area contributed by atoms with Crippen LogP contribution in [0.5, 0.6) is 0 Å². The van der Waals surface area contributed by atoms with Crippen molar-refractivity contribution in [1.29, 1.82) is 0 Å². The van der Waals surface area contributed by atoms with Gasteiger partial charge in [-0.1, -0.05) is 27.2 Å². The van der Waals surface area contributed by atoms with E-state index in [0.29, 0.717) is 25.4 Å². The standard InChI is InChI=1S/C16H35NO3/c1-5-9-15(17-10-6-2)16(7-3)20-14-13-19-12-8-11-18-4/h15-17H,5-14H2,1-4H3. The lowest BCUT2D eigenvalue weighted by molar-refractivity contribution is -0.0167. The van der Waals surface area contributed by atoms with Gasteiger partial charge in [0.1, 0.15) is 0 Å². The molecule has 20 heavy (non-hydrogen) atoms. The normalized spacial score (nSPS) is 14.4. The minimum absolute atomic E-state index is 0.295. The third-order valence-electron chi connectivity index (χ3n) is 3.30. The van der Waals surface area contributed by atoms with Gasteiger partial charge in [0.25, 0.3) is 0 Å². The molecule has 0 aromatic rings. The number of rotatable bonds is 15. The molecule has 0 fully saturated rings. The van der Waals surface area contributed by atoms with E-state index in [1.165, 1.54) is 19.3 Å². The van der Waals surface area contributed by atoms with E-state index in [2.05, 4.69) is 26.1 Å². The zero-order valence-corrected chi connectivity index (χ0v) is 14.0. The van der Waals surface area contributed by atoms with Crippen LogP contribution in [0.4, 0.5) is 0 Å². The molecule has 0 heterocycles. The molecule has 1 N–H and O–H groups in total. The van der Waals surface area contributed by atoms with E-state index < -0.39 is 0 Å². The van der Waals surface area contributed by atoms with Crippen LogP contribution in [-0.2, 0) is 14.2 Å². The molecule has 0 aliphatic heterocycles. The first kappa shape index (κ1) is 19.8. The van der Waals surface area contributed by atoms with E-state index in [1.807, 2.05) is 0 Å². The molecular weight excluding hydrogens is 254 g/mol. The monoisotopic (exact) mass is 289 g/mol. The number of nitrogens with one attached hydrogen (secondary N) is 1. The summed E-state index contributed by atoms with van der Waals surface area (Å²) in [6, 6.07) is 0.471. The Balaban J connectivity index is 3.79. The quantitative estimate of drug-likeness (QED) is 0.470. The summed E-state index contributed by atoms with van der Waals surface area (Å²) in [5, 5.41) is 3.61. The number of hydrogen-bond donors (Lipinski definition) is 1. The van der Waals surface area contributed by atoms with Gasteiger partial charge in [-0.05, 0) is 32.2 Å². The fourth-order valence-electron chi connectivity index (χ4n) is 2.24. The van der Waals surface area contributed by atoms with E-state index in [-0.39, 0.29) is 0 Å². The molecule has 0 aromatic heterocycles. The molecule has 0 aliphatic rings. The summed E-state index contributed by atoms with van der Waals surface area (Å²) in [7, 11) is 1.71. The van der Waals surface area contributed by atoms with Crippen molar-refractivity contribution < 1.29 is 14.2 Å². The molecule has 4 nitrogen and oxygen atoms in total. The van der Waals surface area contributed by atoms with Gasteiger partial charge in [-0.2, -0.15) is 0 Å². The van der Waals surface area contributed by atoms with Gasteiger partial charge in [-0.25, -0.2) is 0 Å². The van der Waals surface area contributed by atoms with E-state index in [4.69, 9.17) is 14.2 Å². The predicted molar refractivity (Wildman–Crippen MR) is 84.3 cm³/mol. The zero-order valence-electron chi connectivity index (χ0n) is 14.0. The molecule has 2 unspecified atom stereocenters. The van der Waals surface area contributed by atoms with Crippen molar-refractivity contribution in [2.75, 3.05) is 40.1 Å². The highest BCUT2D eigenvalue weighted by atomic mass is 16.5.